The van der Waals surface area contributed by atoms with Gasteiger partial charge in [-0.15, -0.1) is 0 Å². The Morgan fingerprint density at radius 2 is 0.426 bits per heavy atom. The van der Waals surface area contributed by atoms with Gasteiger partial charge in [0.1, 0.15) is 0 Å². The molecule has 0 saturated carbocycles. The zero-order chi connectivity index (χ0) is 38.1. The standard InChI is InChI=1S/C51H51N3/c1-34-10-19-43(20-11-34)52(46-25-16-37(4)40(7)28-46)49-31-50(53(44-21-12-35(2)13-22-44)47-26-17-38(5)41(8)29-47)33-51(32-49)54(45-23-14-36(3)15-24-45)48-27-18-39(6)42(9)30-48/h10-33H,1-9H3. The van der Waals surface area contributed by atoms with E-state index in [-0.39, 0.29) is 0 Å². The van der Waals surface area contributed by atoms with Crippen LogP contribution < -0.4 is 14.7 Å². The van der Waals surface area contributed by atoms with Gasteiger partial charge in [0.25, 0.3) is 0 Å². The number of anilines is 9. The molecule has 7 aromatic carbocycles. The number of benzene rings is 7. The van der Waals surface area contributed by atoms with Crippen LogP contribution >= 0.6 is 0 Å². The predicted octanol–water partition coefficient (Wildman–Crippen LogP) is 14.9. The minimum absolute atomic E-state index is 1.07. The zero-order valence-corrected chi connectivity index (χ0v) is 33.2. The van der Waals surface area contributed by atoms with Crippen molar-refractivity contribution in [1.82, 2.24) is 0 Å². The van der Waals surface area contributed by atoms with E-state index >= 15 is 0 Å². The van der Waals surface area contributed by atoms with Gasteiger partial charge in [0.2, 0.25) is 0 Å². The van der Waals surface area contributed by atoms with Crippen LogP contribution in [0.1, 0.15) is 50.1 Å². The second-order valence-electron chi connectivity index (χ2n) is 15.0. The molecule has 0 aliphatic heterocycles. The Bertz CT molecular complexity index is 2140. The summed E-state index contributed by atoms with van der Waals surface area (Å²) in [6, 6.07) is 54.0. The molecule has 54 heavy (non-hydrogen) atoms. The molecule has 3 nitrogen and oxygen atoms in total. The van der Waals surface area contributed by atoms with Crippen molar-refractivity contribution >= 4 is 51.2 Å². The van der Waals surface area contributed by atoms with Crippen LogP contribution in [0.3, 0.4) is 0 Å². The zero-order valence-electron chi connectivity index (χ0n) is 33.2. The third-order valence-corrected chi connectivity index (χ3v) is 10.8. The first-order valence-corrected chi connectivity index (χ1v) is 18.9. The van der Waals surface area contributed by atoms with Crippen LogP contribution in [0.25, 0.3) is 0 Å². The molecule has 0 radical (unpaired) electrons. The number of hydrogen-bond acceptors (Lipinski definition) is 3. The molecule has 0 bridgehead atoms. The topological polar surface area (TPSA) is 9.72 Å². The fourth-order valence-electron chi connectivity index (χ4n) is 6.98. The van der Waals surface area contributed by atoms with Crippen molar-refractivity contribution in [2.75, 3.05) is 14.7 Å². The molecule has 0 atom stereocenters. The molecule has 0 saturated heterocycles. The van der Waals surface area contributed by atoms with Gasteiger partial charge in [-0.25, -0.2) is 0 Å². The van der Waals surface area contributed by atoms with Gasteiger partial charge in [-0.2, -0.15) is 0 Å². The van der Waals surface area contributed by atoms with Gasteiger partial charge in [0.15, 0.2) is 0 Å². The average Bonchev–Trinajstić information content (AvgIpc) is 3.15. The Kier molecular flexibility index (Phi) is 10.2. The summed E-state index contributed by atoms with van der Waals surface area (Å²) in [6.07, 6.45) is 0. The summed E-state index contributed by atoms with van der Waals surface area (Å²) < 4.78 is 0. The van der Waals surface area contributed by atoms with E-state index in [0.29, 0.717) is 0 Å². The highest BCUT2D eigenvalue weighted by atomic mass is 15.2. The molecule has 0 aromatic heterocycles. The maximum absolute atomic E-state index is 2.40. The van der Waals surface area contributed by atoms with Gasteiger partial charge >= 0.3 is 0 Å². The molecular weight excluding hydrogens is 655 g/mol. The van der Waals surface area contributed by atoms with E-state index in [0.717, 1.165) is 51.2 Å². The normalized spacial score (nSPS) is 11.1. The van der Waals surface area contributed by atoms with Crippen LogP contribution in [0.5, 0.6) is 0 Å². The number of rotatable bonds is 9. The first-order chi connectivity index (χ1) is 25.9. The van der Waals surface area contributed by atoms with Crippen LogP contribution in [0.4, 0.5) is 51.2 Å². The molecule has 0 unspecified atom stereocenters. The molecule has 0 fully saturated rings. The van der Waals surface area contributed by atoms with Gasteiger partial charge < -0.3 is 14.7 Å². The monoisotopic (exact) mass is 705 g/mol. The first-order valence-electron chi connectivity index (χ1n) is 18.9. The van der Waals surface area contributed by atoms with E-state index in [1.54, 1.807) is 0 Å². The van der Waals surface area contributed by atoms with E-state index in [1.807, 2.05) is 0 Å². The van der Waals surface area contributed by atoms with Crippen LogP contribution in [-0.2, 0) is 0 Å². The van der Waals surface area contributed by atoms with E-state index in [2.05, 4.69) is 223 Å². The fraction of sp³-hybridized carbons (Fsp3) is 0.176. The molecular formula is C51H51N3. The molecule has 0 aliphatic rings. The smallest absolute Gasteiger partial charge is 0.0503 e. The van der Waals surface area contributed by atoms with Crippen LogP contribution in [0.15, 0.2) is 146 Å². The highest BCUT2D eigenvalue weighted by Crippen LogP contribution is 2.46. The Balaban J connectivity index is 1.57. The van der Waals surface area contributed by atoms with Crippen molar-refractivity contribution in [3.8, 4) is 0 Å². The van der Waals surface area contributed by atoms with E-state index in [4.69, 9.17) is 0 Å². The maximum Gasteiger partial charge on any atom is 0.0503 e. The minimum atomic E-state index is 1.07. The van der Waals surface area contributed by atoms with Gasteiger partial charge in [-0.1, -0.05) is 71.3 Å². The van der Waals surface area contributed by atoms with Crippen LogP contribution in [0, 0.1) is 62.3 Å². The van der Waals surface area contributed by atoms with Crippen molar-refractivity contribution in [1.29, 1.82) is 0 Å². The van der Waals surface area contributed by atoms with Gasteiger partial charge in [0.05, 0.1) is 17.1 Å². The largest absolute Gasteiger partial charge is 0.310 e. The molecule has 3 heteroatoms. The molecule has 0 heterocycles. The highest BCUT2D eigenvalue weighted by Gasteiger charge is 2.23. The van der Waals surface area contributed by atoms with Crippen molar-refractivity contribution in [3.05, 3.63) is 196 Å². The molecule has 0 aliphatic carbocycles. The van der Waals surface area contributed by atoms with Crippen molar-refractivity contribution in [3.63, 3.8) is 0 Å². The van der Waals surface area contributed by atoms with Gasteiger partial charge in [-0.3, -0.25) is 0 Å². The third-order valence-electron chi connectivity index (χ3n) is 10.8. The molecule has 270 valence electrons. The van der Waals surface area contributed by atoms with E-state index in [1.165, 1.54) is 50.1 Å². The molecule has 7 aromatic rings. The van der Waals surface area contributed by atoms with Gasteiger partial charge in [-0.05, 0) is 187 Å². The summed E-state index contributed by atoms with van der Waals surface area (Å²) in [5.41, 5.74) is 21.2. The lowest BCUT2D eigenvalue weighted by Gasteiger charge is -2.33. The quantitative estimate of drug-likeness (QED) is 0.148. The molecule has 0 spiro atoms. The summed E-state index contributed by atoms with van der Waals surface area (Å²) in [5, 5.41) is 0. The maximum atomic E-state index is 2.40. The Morgan fingerprint density at radius 1 is 0.204 bits per heavy atom. The fourth-order valence-corrected chi connectivity index (χ4v) is 6.98. The summed E-state index contributed by atoms with van der Waals surface area (Å²) >= 11 is 0. The Hall–Kier alpha value is -6.06. The van der Waals surface area contributed by atoms with Crippen molar-refractivity contribution in [2.24, 2.45) is 0 Å². The van der Waals surface area contributed by atoms with Crippen molar-refractivity contribution in [2.45, 2.75) is 62.3 Å². The van der Waals surface area contributed by atoms with Crippen molar-refractivity contribution < 1.29 is 0 Å². The number of aryl methyl sites for hydroxylation is 9. The van der Waals surface area contributed by atoms with E-state index < -0.39 is 0 Å². The lowest BCUT2D eigenvalue weighted by Crippen LogP contribution is -2.16. The summed E-state index contributed by atoms with van der Waals surface area (Å²) in [4.78, 5) is 7.21. The molecule has 7 rings (SSSR count). The molecule has 0 amide bonds. The summed E-state index contributed by atoms with van der Waals surface area (Å²) in [7, 11) is 0. The summed E-state index contributed by atoms with van der Waals surface area (Å²) in [6.45, 7) is 19.6. The summed E-state index contributed by atoms with van der Waals surface area (Å²) in [5.74, 6) is 0. The Morgan fingerprint density at radius 3 is 0.648 bits per heavy atom. The number of hydrogen-bond donors (Lipinski definition) is 0. The predicted molar refractivity (Wildman–Crippen MR) is 233 cm³/mol. The SMILES string of the molecule is Cc1ccc(N(c2cc(N(c3ccc(C)cc3)c3ccc(C)c(C)c3)cc(N(c3ccc(C)cc3)c3ccc(C)c(C)c3)c2)c2ccc(C)c(C)c2)cc1. The van der Waals surface area contributed by atoms with E-state index in [9.17, 15) is 0 Å². The first kappa shape index (κ1) is 36.3. The Labute approximate surface area is 322 Å². The van der Waals surface area contributed by atoms with Gasteiger partial charge in [0, 0.05) is 34.1 Å². The van der Waals surface area contributed by atoms with Crippen LogP contribution in [0.2, 0.25) is 0 Å². The highest BCUT2D eigenvalue weighted by molar-refractivity contribution is 5.89. The second kappa shape index (κ2) is 15.1. The lowest BCUT2D eigenvalue weighted by molar-refractivity contribution is 1.20. The third kappa shape index (κ3) is 7.54. The van der Waals surface area contributed by atoms with Crippen LogP contribution in [-0.4, -0.2) is 0 Å². The lowest BCUT2D eigenvalue weighted by atomic mass is 10.0. The second-order valence-corrected chi connectivity index (χ2v) is 15.0. The molecule has 0 N–H and O–H groups in total. The average molecular weight is 706 g/mol. The minimum Gasteiger partial charge on any atom is -0.310 e. The number of nitrogens with zero attached hydrogens (tertiary/aromatic N) is 3.